The van der Waals surface area contributed by atoms with Crippen LogP contribution in [-0.2, 0) is 4.79 Å². The fourth-order valence-corrected chi connectivity index (χ4v) is 2.01. The van der Waals surface area contributed by atoms with Crippen molar-refractivity contribution in [3.8, 4) is 0 Å². The van der Waals surface area contributed by atoms with E-state index in [4.69, 9.17) is 11.6 Å². The number of piperidine rings is 1. The van der Waals surface area contributed by atoms with Gasteiger partial charge in [-0.05, 0) is 25.2 Å². The Hall–Kier alpha value is -0.240. The fraction of sp³-hybridized carbons (Fsp3) is 0.900. The average molecular weight is 204 g/mol. The molecule has 1 saturated heterocycles. The van der Waals surface area contributed by atoms with Crippen LogP contribution < -0.4 is 0 Å². The maximum atomic E-state index is 11.7. The van der Waals surface area contributed by atoms with Gasteiger partial charge in [0.1, 0.15) is 0 Å². The van der Waals surface area contributed by atoms with Crippen LogP contribution in [0.2, 0.25) is 0 Å². The van der Waals surface area contributed by atoms with Crippen LogP contribution in [0.5, 0.6) is 0 Å². The second kappa shape index (κ2) is 4.85. The van der Waals surface area contributed by atoms with Crippen LogP contribution in [0.4, 0.5) is 0 Å². The molecule has 1 rings (SSSR count). The molecule has 1 aliphatic heterocycles. The molecule has 0 radical (unpaired) electrons. The van der Waals surface area contributed by atoms with E-state index in [2.05, 4.69) is 6.92 Å². The first-order valence-electron chi connectivity index (χ1n) is 4.96. The minimum absolute atomic E-state index is 0.229. The van der Waals surface area contributed by atoms with E-state index >= 15 is 0 Å². The number of hydrogen-bond acceptors (Lipinski definition) is 1. The lowest BCUT2D eigenvalue weighted by molar-refractivity contribution is -0.137. The van der Waals surface area contributed by atoms with Crippen molar-refractivity contribution < 1.29 is 4.79 Å². The SMILES string of the molecule is CC(CCl)CC1CCCN(C)C1=O. The van der Waals surface area contributed by atoms with Crippen molar-refractivity contribution in [1.29, 1.82) is 0 Å². The van der Waals surface area contributed by atoms with Gasteiger partial charge in [-0.2, -0.15) is 0 Å². The number of amides is 1. The highest BCUT2D eigenvalue weighted by Crippen LogP contribution is 2.24. The van der Waals surface area contributed by atoms with Crippen molar-refractivity contribution >= 4 is 17.5 Å². The molecule has 1 fully saturated rings. The highest BCUT2D eigenvalue weighted by atomic mass is 35.5. The number of hydrogen-bond donors (Lipinski definition) is 0. The minimum atomic E-state index is 0.229. The highest BCUT2D eigenvalue weighted by molar-refractivity contribution is 6.18. The van der Waals surface area contributed by atoms with Gasteiger partial charge in [0.2, 0.25) is 5.91 Å². The van der Waals surface area contributed by atoms with Gasteiger partial charge in [-0.3, -0.25) is 4.79 Å². The van der Waals surface area contributed by atoms with Crippen LogP contribution in [0.15, 0.2) is 0 Å². The smallest absolute Gasteiger partial charge is 0.225 e. The Morgan fingerprint density at radius 2 is 2.38 bits per heavy atom. The number of likely N-dealkylation sites (tertiary alicyclic amines) is 1. The molecule has 1 aliphatic rings. The minimum Gasteiger partial charge on any atom is -0.346 e. The van der Waals surface area contributed by atoms with Gasteiger partial charge in [0.15, 0.2) is 0 Å². The van der Waals surface area contributed by atoms with Crippen LogP contribution in [0, 0.1) is 11.8 Å². The van der Waals surface area contributed by atoms with Gasteiger partial charge in [0, 0.05) is 25.4 Å². The number of rotatable bonds is 3. The molecule has 13 heavy (non-hydrogen) atoms. The average Bonchev–Trinajstić information content (AvgIpc) is 2.13. The van der Waals surface area contributed by atoms with E-state index in [1.807, 2.05) is 11.9 Å². The van der Waals surface area contributed by atoms with E-state index < -0.39 is 0 Å². The number of carbonyl (C=O) groups is 1. The van der Waals surface area contributed by atoms with E-state index in [0.29, 0.717) is 17.7 Å². The number of alkyl halides is 1. The van der Waals surface area contributed by atoms with E-state index in [0.717, 1.165) is 25.8 Å². The van der Waals surface area contributed by atoms with Crippen molar-refractivity contribution in [2.24, 2.45) is 11.8 Å². The number of carbonyl (C=O) groups excluding carboxylic acids is 1. The van der Waals surface area contributed by atoms with Crippen molar-refractivity contribution in [2.75, 3.05) is 19.5 Å². The molecule has 0 aromatic heterocycles. The van der Waals surface area contributed by atoms with Crippen LogP contribution in [0.1, 0.15) is 26.2 Å². The summed E-state index contributed by atoms with van der Waals surface area (Å²) in [6.07, 6.45) is 3.14. The summed E-state index contributed by atoms with van der Waals surface area (Å²) in [5, 5.41) is 0. The second-order valence-corrected chi connectivity index (χ2v) is 4.40. The maximum absolute atomic E-state index is 11.7. The Kier molecular flexibility index (Phi) is 4.04. The van der Waals surface area contributed by atoms with E-state index in [1.165, 1.54) is 0 Å². The maximum Gasteiger partial charge on any atom is 0.225 e. The van der Waals surface area contributed by atoms with E-state index in [9.17, 15) is 4.79 Å². The lowest BCUT2D eigenvalue weighted by atomic mass is 9.89. The van der Waals surface area contributed by atoms with Crippen LogP contribution in [-0.4, -0.2) is 30.3 Å². The summed E-state index contributed by atoms with van der Waals surface area (Å²) in [6.45, 7) is 3.03. The lowest BCUT2D eigenvalue weighted by Gasteiger charge is -2.30. The highest BCUT2D eigenvalue weighted by Gasteiger charge is 2.27. The first kappa shape index (κ1) is 10.8. The molecular weight excluding hydrogens is 186 g/mol. The predicted octanol–water partition coefficient (Wildman–Crippen LogP) is 2.12. The Balaban J connectivity index is 2.44. The molecule has 0 saturated carbocycles. The third-order valence-corrected chi connectivity index (χ3v) is 3.25. The summed E-state index contributed by atoms with van der Waals surface area (Å²) in [5.41, 5.74) is 0. The second-order valence-electron chi connectivity index (χ2n) is 4.09. The largest absolute Gasteiger partial charge is 0.346 e. The van der Waals surface area contributed by atoms with Crippen molar-refractivity contribution in [2.45, 2.75) is 26.2 Å². The zero-order valence-electron chi connectivity index (χ0n) is 8.42. The molecule has 2 nitrogen and oxygen atoms in total. The van der Waals surface area contributed by atoms with Gasteiger partial charge in [0.05, 0.1) is 0 Å². The van der Waals surface area contributed by atoms with Gasteiger partial charge < -0.3 is 4.90 Å². The first-order chi connectivity index (χ1) is 6.15. The molecule has 1 heterocycles. The summed E-state index contributed by atoms with van der Waals surface area (Å²) in [6, 6.07) is 0. The predicted molar refractivity (Wildman–Crippen MR) is 54.9 cm³/mol. The van der Waals surface area contributed by atoms with Crippen LogP contribution in [0.3, 0.4) is 0 Å². The van der Waals surface area contributed by atoms with Crippen molar-refractivity contribution in [3.05, 3.63) is 0 Å². The summed E-state index contributed by atoms with van der Waals surface area (Å²) >= 11 is 5.73. The van der Waals surface area contributed by atoms with E-state index in [1.54, 1.807) is 0 Å². The molecular formula is C10H18ClNO. The Bertz CT molecular complexity index is 184. The Morgan fingerprint density at radius 3 is 3.00 bits per heavy atom. The summed E-state index contributed by atoms with van der Waals surface area (Å²) in [7, 11) is 1.89. The van der Waals surface area contributed by atoms with Crippen molar-refractivity contribution in [3.63, 3.8) is 0 Å². The number of nitrogens with zero attached hydrogens (tertiary/aromatic N) is 1. The fourth-order valence-electron chi connectivity index (χ4n) is 1.89. The standard InChI is InChI=1S/C10H18ClNO/c1-8(7-11)6-9-4-3-5-12(2)10(9)13/h8-9H,3-7H2,1-2H3. The molecule has 0 spiro atoms. The normalized spacial score (nSPS) is 26.2. The molecule has 2 atom stereocenters. The quantitative estimate of drug-likeness (QED) is 0.644. The first-order valence-corrected chi connectivity index (χ1v) is 5.49. The van der Waals surface area contributed by atoms with Crippen LogP contribution >= 0.6 is 11.6 Å². The molecule has 76 valence electrons. The van der Waals surface area contributed by atoms with Gasteiger partial charge in [-0.1, -0.05) is 6.92 Å². The molecule has 0 N–H and O–H groups in total. The molecule has 0 aromatic rings. The zero-order valence-corrected chi connectivity index (χ0v) is 9.18. The Labute approximate surface area is 85.2 Å². The van der Waals surface area contributed by atoms with Gasteiger partial charge in [0.25, 0.3) is 0 Å². The summed E-state index contributed by atoms with van der Waals surface area (Å²) < 4.78 is 0. The summed E-state index contributed by atoms with van der Waals surface area (Å²) in [5.74, 6) is 1.66. The molecule has 0 bridgehead atoms. The third-order valence-electron chi connectivity index (χ3n) is 2.72. The van der Waals surface area contributed by atoms with E-state index in [-0.39, 0.29) is 5.92 Å². The molecule has 2 unspecified atom stereocenters. The zero-order chi connectivity index (χ0) is 9.84. The number of halogens is 1. The topological polar surface area (TPSA) is 20.3 Å². The Morgan fingerprint density at radius 1 is 1.69 bits per heavy atom. The van der Waals surface area contributed by atoms with Gasteiger partial charge in [-0.15, -0.1) is 11.6 Å². The molecule has 0 aromatic carbocycles. The monoisotopic (exact) mass is 203 g/mol. The van der Waals surface area contributed by atoms with Gasteiger partial charge in [-0.25, -0.2) is 0 Å². The molecule has 3 heteroatoms. The lowest BCUT2D eigenvalue weighted by Crippen LogP contribution is -2.38. The third kappa shape index (κ3) is 2.87. The summed E-state index contributed by atoms with van der Waals surface area (Å²) in [4.78, 5) is 13.5. The van der Waals surface area contributed by atoms with Crippen LogP contribution in [0.25, 0.3) is 0 Å². The van der Waals surface area contributed by atoms with Gasteiger partial charge >= 0.3 is 0 Å². The molecule has 0 aliphatic carbocycles. The molecule has 1 amide bonds. The van der Waals surface area contributed by atoms with Crippen molar-refractivity contribution in [1.82, 2.24) is 4.90 Å².